The van der Waals surface area contributed by atoms with Crippen molar-refractivity contribution in [3.8, 4) is 0 Å². The summed E-state index contributed by atoms with van der Waals surface area (Å²) in [5.41, 5.74) is 3.82. The maximum atomic E-state index is 12.9. The summed E-state index contributed by atoms with van der Waals surface area (Å²) in [5.74, 6) is -0.188. The van der Waals surface area contributed by atoms with Gasteiger partial charge in [0.15, 0.2) is 0 Å². The minimum absolute atomic E-state index is 0.188. The summed E-state index contributed by atoms with van der Waals surface area (Å²) in [6, 6.07) is 15.4. The second-order valence-electron chi connectivity index (χ2n) is 4.78. The van der Waals surface area contributed by atoms with Crippen LogP contribution < -0.4 is 5.32 Å². The van der Waals surface area contributed by atoms with Crippen molar-refractivity contribution < 1.29 is 4.39 Å². The van der Waals surface area contributed by atoms with Gasteiger partial charge in [0, 0.05) is 12.6 Å². The summed E-state index contributed by atoms with van der Waals surface area (Å²) < 4.78 is 12.9. The molecule has 1 atom stereocenters. The molecule has 19 heavy (non-hydrogen) atoms. The average Bonchev–Trinajstić information content (AvgIpc) is 2.45. The van der Waals surface area contributed by atoms with Crippen LogP contribution in [0.15, 0.2) is 48.5 Å². The SMILES string of the molecule is CCc1ccccc1CN[C@H](C)c1ccc(F)cc1. The van der Waals surface area contributed by atoms with E-state index in [-0.39, 0.29) is 11.9 Å². The van der Waals surface area contributed by atoms with Gasteiger partial charge in [0.05, 0.1) is 0 Å². The van der Waals surface area contributed by atoms with Crippen molar-refractivity contribution in [3.63, 3.8) is 0 Å². The number of nitrogens with one attached hydrogen (secondary N) is 1. The molecule has 0 aliphatic carbocycles. The van der Waals surface area contributed by atoms with Gasteiger partial charge in [-0.2, -0.15) is 0 Å². The van der Waals surface area contributed by atoms with Crippen molar-refractivity contribution in [1.82, 2.24) is 5.32 Å². The van der Waals surface area contributed by atoms with E-state index in [1.807, 2.05) is 12.1 Å². The molecule has 0 aliphatic rings. The van der Waals surface area contributed by atoms with Crippen LogP contribution in [-0.4, -0.2) is 0 Å². The molecule has 0 amide bonds. The fourth-order valence-corrected chi connectivity index (χ4v) is 2.21. The molecular formula is C17H20FN. The van der Waals surface area contributed by atoms with Gasteiger partial charge >= 0.3 is 0 Å². The van der Waals surface area contributed by atoms with Gasteiger partial charge in [-0.3, -0.25) is 0 Å². The van der Waals surface area contributed by atoms with Crippen LogP contribution in [0.4, 0.5) is 4.39 Å². The third kappa shape index (κ3) is 3.65. The van der Waals surface area contributed by atoms with Crippen LogP contribution in [0.5, 0.6) is 0 Å². The lowest BCUT2D eigenvalue weighted by Gasteiger charge is -2.16. The van der Waals surface area contributed by atoms with Crippen LogP contribution in [0, 0.1) is 5.82 Å². The molecule has 0 spiro atoms. The monoisotopic (exact) mass is 257 g/mol. The first-order valence-electron chi connectivity index (χ1n) is 6.76. The van der Waals surface area contributed by atoms with E-state index >= 15 is 0 Å². The molecule has 1 N–H and O–H groups in total. The second-order valence-corrected chi connectivity index (χ2v) is 4.78. The highest BCUT2D eigenvalue weighted by Crippen LogP contribution is 2.15. The van der Waals surface area contributed by atoms with Crippen molar-refractivity contribution in [2.24, 2.45) is 0 Å². The molecular weight excluding hydrogens is 237 g/mol. The van der Waals surface area contributed by atoms with E-state index in [0.717, 1.165) is 18.5 Å². The van der Waals surface area contributed by atoms with Gasteiger partial charge in [-0.25, -0.2) is 4.39 Å². The maximum Gasteiger partial charge on any atom is 0.123 e. The molecule has 0 aliphatic heterocycles. The first-order valence-corrected chi connectivity index (χ1v) is 6.76. The number of benzene rings is 2. The molecule has 0 bridgehead atoms. The predicted octanol–water partition coefficient (Wildman–Crippen LogP) is 4.24. The third-order valence-corrected chi connectivity index (χ3v) is 3.47. The molecule has 2 rings (SSSR count). The largest absolute Gasteiger partial charge is 0.306 e. The van der Waals surface area contributed by atoms with E-state index in [9.17, 15) is 4.39 Å². The Morgan fingerprint density at radius 1 is 1.00 bits per heavy atom. The molecule has 0 saturated heterocycles. The lowest BCUT2D eigenvalue weighted by atomic mass is 10.0. The highest BCUT2D eigenvalue weighted by atomic mass is 19.1. The van der Waals surface area contributed by atoms with E-state index in [4.69, 9.17) is 0 Å². The summed E-state index contributed by atoms with van der Waals surface area (Å²) in [7, 11) is 0. The van der Waals surface area contributed by atoms with Crippen LogP contribution in [0.1, 0.15) is 36.6 Å². The number of rotatable bonds is 5. The molecule has 0 aromatic heterocycles. The Bertz CT molecular complexity index is 519. The van der Waals surface area contributed by atoms with Crippen LogP contribution in [0.2, 0.25) is 0 Å². The van der Waals surface area contributed by atoms with Crippen LogP contribution in [0.25, 0.3) is 0 Å². The number of halogens is 1. The lowest BCUT2D eigenvalue weighted by molar-refractivity contribution is 0.569. The zero-order valence-electron chi connectivity index (χ0n) is 11.5. The number of hydrogen-bond acceptors (Lipinski definition) is 1. The quantitative estimate of drug-likeness (QED) is 0.844. The summed E-state index contributed by atoms with van der Waals surface area (Å²) in [6.07, 6.45) is 1.04. The van der Waals surface area contributed by atoms with Crippen molar-refractivity contribution in [3.05, 3.63) is 71.0 Å². The zero-order valence-corrected chi connectivity index (χ0v) is 11.5. The standard InChI is InChI=1S/C17H20FN/c1-3-14-6-4-5-7-16(14)12-19-13(2)15-8-10-17(18)11-9-15/h4-11,13,19H,3,12H2,1-2H3/t13-/m1/s1. The summed E-state index contributed by atoms with van der Waals surface area (Å²) in [5, 5.41) is 3.49. The molecule has 100 valence electrons. The fourth-order valence-electron chi connectivity index (χ4n) is 2.21. The van der Waals surface area contributed by atoms with E-state index in [0.29, 0.717) is 0 Å². The Morgan fingerprint density at radius 2 is 1.63 bits per heavy atom. The molecule has 0 heterocycles. The van der Waals surface area contributed by atoms with Crippen LogP contribution in [-0.2, 0) is 13.0 Å². The Kier molecular flexibility index (Phi) is 4.69. The predicted molar refractivity (Wildman–Crippen MR) is 77.5 cm³/mol. The van der Waals surface area contributed by atoms with Crippen molar-refractivity contribution in [2.45, 2.75) is 32.9 Å². The molecule has 0 unspecified atom stereocenters. The van der Waals surface area contributed by atoms with Gasteiger partial charge in [0.25, 0.3) is 0 Å². The Labute approximate surface area is 114 Å². The minimum Gasteiger partial charge on any atom is -0.306 e. The zero-order chi connectivity index (χ0) is 13.7. The lowest BCUT2D eigenvalue weighted by Crippen LogP contribution is -2.18. The first-order chi connectivity index (χ1) is 9.20. The van der Waals surface area contributed by atoms with Gasteiger partial charge in [0.2, 0.25) is 0 Å². The smallest absolute Gasteiger partial charge is 0.123 e. The molecule has 1 nitrogen and oxygen atoms in total. The van der Waals surface area contributed by atoms with Gasteiger partial charge < -0.3 is 5.32 Å². The van der Waals surface area contributed by atoms with E-state index in [1.54, 1.807) is 0 Å². The summed E-state index contributed by atoms with van der Waals surface area (Å²) in [6.45, 7) is 5.10. The van der Waals surface area contributed by atoms with E-state index in [1.165, 1.54) is 23.3 Å². The average molecular weight is 257 g/mol. The van der Waals surface area contributed by atoms with Gasteiger partial charge in [0.1, 0.15) is 5.82 Å². The van der Waals surface area contributed by atoms with Crippen molar-refractivity contribution in [2.75, 3.05) is 0 Å². The summed E-state index contributed by atoms with van der Waals surface area (Å²) in [4.78, 5) is 0. The first kappa shape index (κ1) is 13.8. The van der Waals surface area contributed by atoms with Gasteiger partial charge in [-0.1, -0.05) is 43.3 Å². The molecule has 2 aromatic carbocycles. The normalized spacial score (nSPS) is 12.4. The summed E-state index contributed by atoms with van der Waals surface area (Å²) >= 11 is 0. The maximum absolute atomic E-state index is 12.9. The topological polar surface area (TPSA) is 12.0 Å². The molecule has 0 fully saturated rings. The van der Waals surface area contributed by atoms with Crippen molar-refractivity contribution >= 4 is 0 Å². The highest BCUT2D eigenvalue weighted by Gasteiger charge is 2.06. The minimum atomic E-state index is -0.188. The Morgan fingerprint density at radius 3 is 2.26 bits per heavy atom. The molecule has 2 heteroatoms. The van der Waals surface area contributed by atoms with Crippen molar-refractivity contribution in [1.29, 1.82) is 0 Å². The third-order valence-electron chi connectivity index (χ3n) is 3.47. The Hall–Kier alpha value is -1.67. The highest BCUT2D eigenvalue weighted by molar-refractivity contribution is 5.27. The molecule has 2 aromatic rings. The number of aryl methyl sites for hydroxylation is 1. The van der Waals surface area contributed by atoms with E-state index < -0.39 is 0 Å². The van der Waals surface area contributed by atoms with Crippen LogP contribution >= 0.6 is 0 Å². The number of hydrogen-bond donors (Lipinski definition) is 1. The van der Waals surface area contributed by atoms with Crippen LogP contribution in [0.3, 0.4) is 0 Å². The Balaban J connectivity index is 2.00. The molecule has 0 radical (unpaired) electrons. The van der Waals surface area contributed by atoms with Gasteiger partial charge in [-0.15, -0.1) is 0 Å². The molecule has 0 saturated carbocycles. The fraction of sp³-hybridized carbons (Fsp3) is 0.294. The second kappa shape index (κ2) is 6.48. The van der Waals surface area contributed by atoms with E-state index in [2.05, 4.69) is 43.4 Å². The van der Waals surface area contributed by atoms with Gasteiger partial charge in [-0.05, 0) is 42.2 Å².